The first-order valence-electron chi connectivity index (χ1n) is 19.1. The van der Waals surface area contributed by atoms with E-state index in [0.717, 1.165) is 77.8 Å². The van der Waals surface area contributed by atoms with Crippen LogP contribution in [0.5, 0.6) is 0 Å². The molecule has 0 fully saturated rings. The maximum atomic E-state index is 5.43. The third-order valence-corrected chi connectivity index (χ3v) is 12.4. The highest BCUT2D eigenvalue weighted by Gasteiger charge is 2.22. The Kier molecular flexibility index (Phi) is 7.03. The lowest BCUT2D eigenvalue weighted by Crippen LogP contribution is -2.04. The molecule has 5 heterocycles. The van der Waals surface area contributed by atoms with Crippen molar-refractivity contribution in [3.63, 3.8) is 0 Å². The molecule has 0 saturated carbocycles. The molecule has 0 saturated heterocycles. The van der Waals surface area contributed by atoms with Crippen molar-refractivity contribution in [1.29, 1.82) is 0 Å². The van der Waals surface area contributed by atoms with E-state index < -0.39 is 0 Å². The van der Waals surface area contributed by atoms with Crippen LogP contribution in [0.25, 0.3) is 109 Å². The summed E-state index contributed by atoms with van der Waals surface area (Å²) in [4.78, 5) is 15.9. The molecule has 0 unspecified atom stereocenters. The van der Waals surface area contributed by atoms with Crippen LogP contribution in [0, 0.1) is 0 Å². The molecular weight excluding hydrogens is 715 g/mol. The van der Waals surface area contributed by atoms with Crippen LogP contribution >= 0.6 is 11.3 Å². The van der Waals surface area contributed by atoms with Gasteiger partial charge in [-0.15, -0.1) is 11.3 Å². The Morgan fingerprint density at radius 1 is 0.368 bits per heavy atom. The summed E-state index contributed by atoms with van der Waals surface area (Å²) in [5.41, 5.74) is 12.3. The summed E-state index contributed by atoms with van der Waals surface area (Å²) in [6.07, 6.45) is 0. The molecule has 12 aromatic rings. The molecule has 7 aromatic carbocycles. The molecule has 0 N–H and O–H groups in total. The molecule has 0 atom stereocenters. The van der Waals surface area contributed by atoms with Crippen LogP contribution in [0.4, 0.5) is 0 Å². The number of para-hydroxylation sites is 1. The molecule has 0 aliphatic rings. The molecule has 0 aliphatic heterocycles. The van der Waals surface area contributed by atoms with E-state index in [1.54, 1.807) is 0 Å². The molecule has 6 heteroatoms. The summed E-state index contributed by atoms with van der Waals surface area (Å²) < 4.78 is 7.15. The number of nitrogens with zero attached hydrogens (tertiary/aromatic N) is 5. The average molecular weight is 746 g/mol. The Balaban J connectivity index is 1.12. The molecular formula is C51H31N5S. The van der Waals surface area contributed by atoms with Gasteiger partial charge in [-0.1, -0.05) is 133 Å². The van der Waals surface area contributed by atoms with E-state index >= 15 is 0 Å². The standard InChI is InChI=1S/C51H31N5S/c1-4-14-32(15-5-1)40-26-29-46-49(52-40)48-45(28-25-38-37-21-11-13-23-47(37)57-50(38)48)55(46)35-24-27-44-39(30-35)36-20-10-12-22-43(36)56(44)51-53-41(33-16-6-2-7-17-33)31-42(54-51)34-18-8-3-9-19-34/h1-31H. The molecule has 0 spiro atoms. The molecule has 0 amide bonds. The lowest BCUT2D eigenvalue weighted by molar-refractivity contribution is 0.995. The van der Waals surface area contributed by atoms with Crippen LogP contribution in [-0.4, -0.2) is 24.1 Å². The first-order chi connectivity index (χ1) is 28.3. The van der Waals surface area contributed by atoms with Gasteiger partial charge in [0.25, 0.3) is 0 Å². The number of thiophene rings is 1. The second kappa shape index (κ2) is 12.6. The number of benzene rings is 7. The maximum Gasteiger partial charge on any atom is 0.235 e. The Labute approximate surface area is 331 Å². The fraction of sp³-hybridized carbons (Fsp3) is 0. The topological polar surface area (TPSA) is 48.5 Å². The minimum Gasteiger partial charge on any atom is -0.308 e. The Hall–Kier alpha value is -7.41. The quantitative estimate of drug-likeness (QED) is 0.176. The summed E-state index contributed by atoms with van der Waals surface area (Å²) in [6, 6.07) is 66.3. The van der Waals surface area contributed by atoms with Crippen LogP contribution < -0.4 is 0 Å². The van der Waals surface area contributed by atoms with Crippen molar-refractivity contribution in [2.45, 2.75) is 0 Å². The van der Waals surface area contributed by atoms with E-state index in [4.69, 9.17) is 15.0 Å². The highest BCUT2D eigenvalue weighted by molar-refractivity contribution is 7.26. The monoisotopic (exact) mass is 745 g/mol. The van der Waals surface area contributed by atoms with Crippen LogP contribution in [-0.2, 0) is 0 Å². The van der Waals surface area contributed by atoms with Gasteiger partial charge < -0.3 is 4.57 Å². The molecule has 0 radical (unpaired) electrons. The lowest BCUT2D eigenvalue weighted by atomic mass is 10.1. The second-order valence-corrected chi connectivity index (χ2v) is 15.5. The average Bonchev–Trinajstić information content (AvgIpc) is 3.94. The zero-order valence-electron chi connectivity index (χ0n) is 30.5. The molecule has 0 bridgehead atoms. The number of fused-ring (bicyclic) bond motifs is 10. The van der Waals surface area contributed by atoms with Crippen molar-refractivity contribution in [2.75, 3.05) is 0 Å². The van der Waals surface area contributed by atoms with Crippen LogP contribution in [0.3, 0.4) is 0 Å². The third kappa shape index (κ3) is 4.98. The smallest absolute Gasteiger partial charge is 0.235 e. The molecule has 266 valence electrons. The minimum atomic E-state index is 0.635. The van der Waals surface area contributed by atoms with E-state index in [-0.39, 0.29) is 0 Å². The lowest BCUT2D eigenvalue weighted by Gasteiger charge is -2.12. The van der Waals surface area contributed by atoms with E-state index in [9.17, 15) is 0 Å². The van der Waals surface area contributed by atoms with Crippen molar-refractivity contribution >= 4 is 75.3 Å². The molecule has 0 aliphatic carbocycles. The van der Waals surface area contributed by atoms with Crippen LogP contribution in [0.2, 0.25) is 0 Å². The SMILES string of the molecule is c1ccc(-c2cc(-c3ccccc3)nc(-n3c4ccccc4c4cc(-n5c6ccc(-c7ccccc7)nc6c6c7sc8ccccc8c7ccc65)ccc43)n2)cc1. The predicted molar refractivity (Wildman–Crippen MR) is 238 cm³/mol. The van der Waals surface area contributed by atoms with Crippen LogP contribution in [0.1, 0.15) is 0 Å². The third-order valence-electron chi connectivity index (χ3n) is 11.2. The van der Waals surface area contributed by atoms with Gasteiger partial charge in [-0.2, -0.15) is 0 Å². The number of pyridine rings is 1. The summed E-state index contributed by atoms with van der Waals surface area (Å²) in [5, 5.41) is 6.00. The van der Waals surface area contributed by atoms with E-state index in [1.807, 2.05) is 23.5 Å². The normalized spacial score (nSPS) is 11.9. The summed E-state index contributed by atoms with van der Waals surface area (Å²) in [7, 11) is 0. The van der Waals surface area contributed by atoms with Gasteiger partial charge in [0.2, 0.25) is 5.95 Å². The van der Waals surface area contributed by atoms with Crippen molar-refractivity contribution in [1.82, 2.24) is 24.1 Å². The van der Waals surface area contributed by atoms with Gasteiger partial charge in [-0.25, -0.2) is 15.0 Å². The molecule has 12 rings (SSSR count). The fourth-order valence-electron chi connectivity index (χ4n) is 8.55. The minimum absolute atomic E-state index is 0.635. The van der Waals surface area contributed by atoms with Gasteiger partial charge in [0.05, 0.1) is 44.7 Å². The highest BCUT2D eigenvalue weighted by Crippen LogP contribution is 2.44. The van der Waals surface area contributed by atoms with Gasteiger partial charge in [-0.05, 0) is 54.6 Å². The zero-order chi connectivity index (χ0) is 37.5. The first kappa shape index (κ1) is 31.9. The number of rotatable bonds is 5. The summed E-state index contributed by atoms with van der Waals surface area (Å²) in [6.45, 7) is 0. The highest BCUT2D eigenvalue weighted by atomic mass is 32.1. The predicted octanol–water partition coefficient (Wildman–Crippen LogP) is 13.4. The molecule has 57 heavy (non-hydrogen) atoms. The number of hydrogen-bond acceptors (Lipinski definition) is 4. The Morgan fingerprint density at radius 2 is 0.947 bits per heavy atom. The molecule has 5 nitrogen and oxygen atoms in total. The van der Waals surface area contributed by atoms with E-state index in [1.165, 1.54) is 25.6 Å². The van der Waals surface area contributed by atoms with Crippen molar-refractivity contribution in [3.8, 4) is 45.4 Å². The van der Waals surface area contributed by atoms with Gasteiger partial charge in [0, 0.05) is 58.7 Å². The van der Waals surface area contributed by atoms with Gasteiger partial charge in [-0.3, -0.25) is 4.57 Å². The summed E-state index contributed by atoms with van der Waals surface area (Å²) >= 11 is 1.85. The van der Waals surface area contributed by atoms with Crippen molar-refractivity contribution in [3.05, 3.63) is 188 Å². The van der Waals surface area contributed by atoms with Crippen LogP contribution in [0.15, 0.2) is 188 Å². The Morgan fingerprint density at radius 3 is 1.67 bits per heavy atom. The van der Waals surface area contributed by atoms with E-state index in [0.29, 0.717) is 5.95 Å². The zero-order valence-corrected chi connectivity index (χ0v) is 31.4. The fourth-order valence-corrected chi connectivity index (χ4v) is 9.80. The van der Waals surface area contributed by atoms with Gasteiger partial charge >= 0.3 is 0 Å². The maximum absolute atomic E-state index is 5.43. The number of hydrogen-bond donors (Lipinski definition) is 0. The van der Waals surface area contributed by atoms with Gasteiger partial charge in [0.15, 0.2) is 0 Å². The van der Waals surface area contributed by atoms with Crippen molar-refractivity contribution in [2.24, 2.45) is 0 Å². The van der Waals surface area contributed by atoms with Gasteiger partial charge in [0.1, 0.15) is 0 Å². The summed E-state index contributed by atoms with van der Waals surface area (Å²) in [5.74, 6) is 0.635. The largest absolute Gasteiger partial charge is 0.308 e. The first-order valence-corrected chi connectivity index (χ1v) is 19.9. The number of aromatic nitrogens is 5. The van der Waals surface area contributed by atoms with Crippen molar-refractivity contribution < 1.29 is 0 Å². The second-order valence-electron chi connectivity index (χ2n) is 14.4. The molecule has 5 aromatic heterocycles. The van der Waals surface area contributed by atoms with E-state index in [2.05, 4.69) is 185 Å². The Bertz CT molecular complexity index is 3450.